The maximum Gasteiger partial charge on any atom is 0.224 e. The Kier molecular flexibility index (Phi) is 5.85. The molecule has 5 nitrogen and oxygen atoms in total. The van der Waals surface area contributed by atoms with E-state index in [0.29, 0.717) is 18.9 Å². The van der Waals surface area contributed by atoms with E-state index in [1.807, 2.05) is 13.8 Å². The third-order valence-electron chi connectivity index (χ3n) is 3.32. The fourth-order valence-electron chi connectivity index (χ4n) is 1.95. The normalized spacial score (nSPS) is 12.4. The summed E-state index contributed by atoms with van der Waals surface area (Å²) in [5.74, 6) is 0.365. The third kappa shape index (κ3) is 4.14. The Morgan fingerprint density at radius 2 is 2.22 bits per heavy atom. The molecule has 0 bridgehead atoms. The lowest BCUT2D eigenvalue weighted by atomic mass is 10.0. The van der Waals surface area contributed by atoms with Crippen LogP contribution in [0.2, 0.25) is 0 Å². The summed E-state index contributed by atoms with van der Waals surface area (Å²) in [5.41, 5.74) is 2.80. The standard InChI is InChI=1S/C13H23N3O2/c1-4-11(5-6-17)8-14-13(18)7-12-9(2)15-16-10(12)3/h11,17H,4-8H2,1-3H3,(H,14,18)(H,15,16). The molecular weight excluding hydrogens is 230 g/mol. The van der Waals surface area contributed by atoms with Gasteiger partial charge in [-0.3, -0.25) is 9.89 Å². The van der Waals surface area contributed by atoms with Gasteiger partial charge in [-0.05, 0) is 26.2 Å². The number of carbonyl (C=O) groups excluding carboxylic acids is 1. The van der Waals surface area contributed by atoms with Crippen LogP contribution in [0.4, 0.5) is 0 Å². The average molecular weight is 253 g/mol. The number of aromatic nitrogens is 2. The summed E-state index contributed by atoms with van der Waals surface area (Å²) in [4.78, 5) is 11.8. The predicted octanol–water partition coefficient (Wildman–Crippen LogP) is 1.09. The second kappa shape index (κ2) is 7.16. The minimum atomic E-state index is 0.0130. The van der Waals surface area contributed by atoms with Crippen LogP contribution in [0.5, 0.6) is 0 Å². The molecule has 0 saturated heterocycles. The molecule has 1 aromatic heterocycles. The van der Waals surface area contributed by atoms with Crippen molar-refractivity contribution in [1.29, 1.82) is 0 Å². The van der Waals surface area contributed by atoms with E-state index in [1.165, 1.54) is 0 Å². The minimum absolute atomic E-state index is 0.0130. The van der Waals surface area contributed by atoms with E-state index in [-0.39, 0.29) is 12.5 Å². The summed E-state index contributed by atoms with van der Waals surface area (Å²) in [5, 5.41) is 18.8. The van der Waals surface area contributed by atoms with Crippen LogP contribution in [0.3, 0.4) is 0 Å². The molecule has 0 fully saturated rings. The van der Waals surface area contributed by atoms with E-state index in [4.69, 9.17) is 5.11 Å². The quantitative estimate of drug-likeness (QED) is 0.680. The molecule has 0 aromatic carbocycles. The molecule has 1 unspecified atom stereocenters. The van der Waals surface area contributed by atoms with Crippen LogP contribution in [-0.2, 0) is 11.2 Å². The summed E-state index contributed by atoms with van der Waals surface area (Å²) < 4.78 is 0. The predicted molar refractivity (Wildman–Crippen MR) is 70.3 cm³/mol. The van der Waals surface area contributed by atoms with Gasteiger partial charge < -0.3 is 10.4 Å². The van der Waals surface area contributed by atoms with Gasteiger partial charge in [0.2, 0.25) is 5.91 Å². The molecule has 3 N–H and O–H groups in total. The van der Waals surface area contributed by atoms with E-state index in [0.717, 1.165) is 29.8 Å². The van der Waals surface area contributed by atoms with Crippen LogP contribution in [-0.4, -0.2) is 34.4 Å². The van der Waals surface area contributed by atoms with Gasteiger partial charge in [0.1, 0.15) is 0 Å². The largest absolute Gasteiger partial charge is 0.396 e. The molecule has 0 aliphatic carbocycles. The molecule has 1 atom stereocenters. The van der Waals surface area contributed by atoms with E-state index in [1.54, 1.807) is 0 Å². The zero-order valence-electron chi connectivity index (χ0n) is 11.4. The first-order chi connectivity index (χ1) is 8.58. The molecule has 0 radical (unpaired) electrons. The van der Waals surface area contributed by atoms with Crippen molar-refractivity contribution in [2.24, 2.45) is 5.92 Å². The summed E-state index contributed by atoms with van der Waals surface area (Å²) in [6, 6.07) is 0. The molecule has 0 saturated carbocycles. The summed E-state index contributed by atoms with van der Waals surface area (Å²) in [7, 11) is 0. The highest BCUT2D eigenvalue weighted by Gasteiger charge is 2.12. The Bertz CT molecular complexity index is 368. The fourth-order valence-corrected chi connectivity index (χ4v) is 1.95. The number of carbonyl (C=O) groups is 1. The number of H-pyrrole nitrogens is 1. The number of nitrogens with one attached hydrogen (secondary N) is 2. The number of rotatable bonds is 7. The van der Waals surface area contributed by atoms with Gasteiger partial charge in [0.25, 0.3) is 0 Å². The molecule has 102 valence electrons. The smallest absolute Gasteiger partial charge is 0.224 e. The van der Waals surface area contributed by atoms with Crippen LogP contribution in [0, 0.1) is 19.8 Å². The summed E-state index contributed by atoms with van der Waals surface area (Å²) >= 11 is 0. The number of nitrogens with zero attached hydrogens (tertiary/aromatic N) is 1. The Hall–Kier alpha value is -1.36. The van der Waals surface area contributed by atoms with Crippen molar-refractivity contribution >= 4 is 5.91 Å². The van der Waals surface area contributed by atoms with Gasteiger partial charge in [-0.2, -0.15) is 5.10 Å². The van der Waals surface area contributed by atoms with Gasteiger partial charge in [-0.1, -0.05) is 13.3 Å². The first kappa shape index (κ1) is 14.7. The highest BCUT2D eigenvalue weighted by molar-refractivity contribution is 5.79. The average Bonchev–Trinajstić information content (AvgIpc) is 2.66. The highest BCUT2D eigenvalue weighted by atomic mass is 16.3. The topological polar surface area (TPSA) is 78.0 Å². The molecule has 18 heavy (non-hydrogen) atoms. The van der Waals surface area contributed by atoms with E-state index in [2.05, 4.69) is 22.4 Å². The van der Waals surface area contributed by atoms with Crippen molar-refractivity contribution in [3.63, 3.8) is 0 Å². The zero-order chi connectivity index (χ0) is 13.5. The molecule has 5 heteroatoms. The fraction of sp³-hybridized carbons (Fsp3) is 0.692. The van der Waals surface area contributed by atoms with Crippen LogP contribution in [0.1, 0.15) is 36.7 Å². The van der Waals surface area contributed by atoms with Crippen LogP contribution >= 0.6 is 0 Å². The van der Waals surface area contributed by atoms with E-state index >= 15 is 0 Å². The first-order valence-corrected chi connectivity index (χ1v) is 6.46. The van der Waals surface area contributed by atoms with Crippen LogP contribution in [0.25, 0.3) is 0 Å². The van der Waals surface area contributed by atoms with E-state index in [9.17, 15) is 4.79 Å². The molecule has 0 spiro atoms. The van der Waals surface area contributed by atoms with Crippen molar-refractivity contribution in [2.75, 3.05) is 13.2 Å². The van der Waals surface area contributed by atoms with E-state index < -0.39 is 0 Å². The number of amides is 1. The summed E-state index contributed by atoms with van der Waals surface area (Å²) in [6.45, 7) is 6.69. The number of aromatic amines is 1. The molecule has 1 heterocycles. The van der Waals surface area contributed by atoms with Crippen molar-refractivity contribution in [3.8, 4) is 0 Å². The minimum Gasteiger partial charge on any atom is -0.396 e. The number of aryl methyl sites for hydroxylation is 2. The number of hydrogen-bond donors (Lipinski definition) is 3. The lowest BCUT2D eigenvalue weighted by molar-refractivity contribution is -0.120. The number of aliphatic hydroxyl groups excluding tert-OH is 1. The monoisotopic (exact) mass is 253 g/mol. The van der Waals surface area contributed by atoms with Gasteiger partial charge in [-0.15, -0.1) is 0 Å². The van der Waals surface area contributed by atoms with Crippen LogP contribution < -0.4 is 5.32 Å². The Morgan fingerprint density at radius 3 is 2.72 bits per heavy atom. The van der Waals surface area contributed by atoms with Gasteiger partial charge in [0, 0.05) is 24.4 Å². The summed E-state index contributed by atoms with van der Waals surface area (Å²) in [6.07, 6.45) is 2.06. The SMILES string of the molecule is CCC(CCO)CNC(=O)Cc1c(C)n[nH]c1C. The lowest BCUT2D eigenvalue weighted by Gasteiger charge is -2.14. The second-order valence-electron chi connectivity index (χ2n) is 4.68. The Morgan fingerprint density at radius 1 is 1.50 bits per heavy atom. The number of aliphatic hydroxyl groups is 1. The molecule has 0 aliphatic heterocycles. The van der Waals surface area contributed by atoms with Crippen molar-refractivity contribution in [1.82, 2.24) is 15.5 Å². The Balaban J connectivity index is 2.42. The second-order valence-corrected chi connectivity index (χ2v) is 4.68. The third-order valence-corrected chi connectivity index (χ3v) is 3.32. The van der Waals surface area contributed by atoms with Gasteiger partial charge >= 0.3 is 0 Å². The van der Waals surface area contributed by atoms with Gasteiger partial charge in [0.15, 0.2) is 0 Å². The number of hydrogen-bond acceptors (Lipinski definition) is 3. The molecule has 1 amide bonds. The Labute approximate surface area is 108 Å². The zero-order valence-corrected chi connectivity index (χ0v) is 11.4. The van der Waals surface area contributed by atoms with Crippen LogP contribution in [0.15, 0.2) is 0 Å². The molecule has 1 rings (SSSR count). The van der Waals surface area contributed by atoms with Gasteiger partial charge in [-0.25, -0.2) is 0 Å². The molecule has 1 aromatic rings. The first-order valence-electron chi connectivity index (χ1n) is 6.46. The van der Waals surface area contributed by atoms with Gasteiger partial charge in [0.05, 0.1) is 12.1 Å². The van der Waals surface area contributed by atoms with Crippen molar-refractivity contribution in [2.45, 2.75) is 40.0 Å². The van der Waals surface area contributed by atoms with Crippen molar-refractivity contribution < 1.29 is 9.90 Å². The lowest BCUT2D eigenvalue weighted by Crippen LogP contribution is -2.31. The molecular formula is C13H23N3O2. The van der Waals surface area contributed by atoms with Crippen molar-refractivity contribution in [3.05, 3.63) is 17.0 Å². The highest BCUT2D eigenvalue weighted by Crippen LogP contribution is 2.10. The molecule has 0 aliphatic rings. The maximum absolute atomic E-state index is 11.8. The maximum atomic E-state index is 11.8.